The molecule has 1 aliphatic heterocycles. The van der Waals surface area contributed by atoms with Gasteiger partial charge in [0.1, 0.15) is 12.1 Å². The van der Waals surface area contributed by atoms with E-state index in [-0.39, 0.29) is 5.75 Å². The van der Waals surface area contributed by atoms with Gasteiger partial charge in [-0.1, -0.05) is 62.0 Å². The largest absolute Gasteiger partial charge is 0.573 e. The number of carbonyl (C=O) groups is 1. The Bertz CT molecular complexity index is 1710. The van der Waals surface area contributed by atoms with Gasteiger partial charge in [-0.15, -0.1) is 18.3 Å². The molecule has 0 bridgehead atoms. The van der Waals surface area contributed by atoms with Crippen LogP contribution in [0.15, 0.2) is 83.7 Å². The van der Waals surface area contributed by atoms with Gasteiger partial charge < -0.3 is 15.0 Å². The number of aryl methyl sites for hydroxylation is 1. The lowest BCUT2D eigenvalue weighted by atomic mass is 9.95. The minimum atomic E-state index is -4.75. The molecule has 2 amide bonds. The van der Waals surface area contributed by atoms with Gasteiger partial charge in [0, 0.05) is 29.2 Å². The smallest absolute Gasteiger partial charge is 0.406 e. The normalized spacial score (nSPS) is 15.1. The van der Waals surface area contributed by atoms with Crippen LogP contribution in [0.25, 0.3) is 23.2 Å². The average molecular weight is 635 g/mol. The first kappa shape index (κ1) is 31.8. The van der Waals surface area contributed by atoms with Crippen LogP contribution in [0, 0.1) is 6.92 Å². The number of amidine groups is 1. The number of urea groups is 1. The molecule has 5 rings (SSSR count). The predicted molar refractivity (Wildman–Crippen MR) is 173 cm³/mol. The van der Waals surface area contributed by atoms with Crippen molar-refractivity contribution < 1.29 is 22.7 Å². The van der Waals surface area contributed by atoms with Gasteiger partial charge in [-0.2, -0.15) is 4.99 Å². The molecular formula is C33H33F3N6O2S. The van der Waals surface area contributed by atoms with E-state index in [0.717, 1.165) is 35.5 Å². The van der Waals surface area contributed by atoms with Crippen molar-refractivity contribution >= 4 is 34.7 Å². The maximum absolute atomic E-state index is 13.0. The number of amides is 2. The summed E-state index contributed by atoms with van der Waals surface area (Å²) in [5, 5.41) is 8.01. The van der Waals surface area contributed by atoms with Crippen LogP contribution in [0.1, 0.15) is 49.8 Å². The van der Waals surface area contributed by atoms with E-state index in [1.165, 1.54) is 46.4 Å². The topological polar surface area (TPSA) is 84.6 Å². The first-order valence-corrected chi connectivity index (χ1v) is 15.4. The summed E-state index contributed by atoms with van der Waals surface area (Å²) in [6.07, 6.45) is -0.410. The number of aliphatic imine (C=N–C) groups is 1. The SMILES string of the molecule is C/C(=C\c1ccc(-c2ncn(-c3ccc(OC(F)(F)F)cc3)n2)cc1)NC(=O)N=C1SCCCN1c1cccc(C)c1C(C)C. The van der Waals surface area contributed by atoms with E-state index in [4.69, 9.17) is 0 Å². The van der Waals surface area contributed by atoms with Crippen LogP contribution in [0.5, 0.6) is 5.75 Å². The highest BCUT2D eigenvalue weighted by molar-refractivity contribution is 8.14. The van der Waals surface area contributed by atoms with Crippen LogP contribution in [0.3, 0.4) is 0 Å². The molecule has 0 aliphatic carbocycles. The number of nitrogens with one attached hydrogen (secondary N) is 1. The Balaban J connectivity index is 1.24. The van der Waals surface area contributed by atoms with E-state index in [0.29, 0.717) is 28.3 Å². The number of hydrogen-bond donors (Lipinski definition) is 1. The quantitative estimate of drug-likeness (QED) is 0.220. The Morgan fingerprint density at radius 2 is 1.82 bits per heavy atom. The Labute approximate surface area is 264 Å². The Morgan fingerprint density at radius 1 is 1.09 bits per heavy atom. The zero-order chi connectivity index (χ0) is 32.1. The van der Waals surface area contributed by atoms with Gasteiger partial charge in [0.05, 0.1) is 5.69 Å². The number of thioether (sulfide) groups is 1. The number of hydrogen-bond acceptors (Lipinski definition) is 5. The average Bonchev–Trinajstić information content (AvgIpc) is 3.47. The highest BCUT2D eigenvalue weighted by atomic mass is 32.2. The molecule has 0 spiro atoms. The zero-order valence-corrected chi connectivity index (χ0v) is 26.1. The van der Waals surface area contributed by atoms with Crippen molar-refractivity contribution in [3.63, 3.8) is 0 Å². The van der Waals surface area contributed by atoms with E-state index in [1.54, 1.807) is 11.8 Å². The molecule has 1 fully saturated rings. The number of ether oxygens (including phenoxy) is 1. The fourth-order valence-corrected chi connectivity index (χ4v) is 6.09. The molecule has 2 heterocycles. The molecule has 8 nitrogen and oxygen atoms in total. The second-order valence-electron chi connectivity index (χ2n) is 10.8. The molecule has 234 valence electrons. The first-order chi connectivity index (χ1) is 21.5. The summed E-state index contributed by atoms with van der Waals surface area (Å²) >= 11 is 1.59. The number of anilines is 1. The lowest BCUT2D eigenvalue weighted by Crippen LogP contribution is -2.36. The van der Waals surface area contributed by atoms with Gasteiger partial charge in [-0.3, -0.25) is 0 Å². The summed E-state index contributed by atoms with van der Waals surface area (Å²) in [6, 6.07) is 18.7. The van der Waals surface area contributed by atoms with Gasteiger partial charge in [0.15, 0.2) is 11.0 Å². The molecule has 45 heavy (non-hydrogen) atoms. The van der Waals surface area contributed by atoms with Crippen molar-refractivity contribution in [2.45, 2.75) is 46.4 Å². The lowest BCUT2D eigenvalue weighted by Gasteiger charge is -2.32. The minimum Gasteiger partial charge on any atom is -0.406 e. The number of halogens is 3. The van der Waals surface area contributed by atoms with Crippen molar-refractivity contribution in [2.24, 2.45) is 4.99 Å². The number of allylic oxidation sites excluding steroid dienone is 1. The third kappa shape index (κ3) is 8.13. The molecule has 4 aromatic rings. The van der Waals surface area contributed by atoms with Crippen LogP contribution in [0.2, 0.25) is 0 Å². The highest BCUT2D eigenvalue weighted by Gasteiger charge is 2.31. The van der Waals surface area contributed by atoms with Gasteiger partial charge >= 0.3 is 12.4 Å². The molecule has 1 N–H and O–H groups in total. The number of alkyl halides is 3. The first-order valence-electron chi connectivity index (χ1n) is 14.4. The van der Waals surface area contributed by atoms with Gasteiger partial charge in [0.25, 0.3) is 0 Å². The second kappa shape index (κ2) is 13.6. The number of rotatable bonds is 7. The molecule has 0 unspecified atom stereocenters. The summed E-state index contributed by atoms with van der Waals surface area (Å²) in [5.41, 5.74) is 6.38. The number of carbonyl (C=O) groups excluding carboxylic acids is 1. The maximum Gasteiger partial charge on any atom is 0.573 e. The summed E-state index contributed by atoms with van der Waals surface area (Å²) in [4.78, 5) is 23.9. The molecule has 0 radical (unpaired) electrons. The second-order valence-corrected chi connectivity index (χ2v) is 11.9. The third-order valence-electron chi connectivity index (χ3n) is 7.04. The summed E-state index contributed by atoms with van der Waals surface area (Å²) in [6.45, 7) is 9.09. The van der Waals surface area contributed by atoms with Crippen molar-refractivity contribution in [1.29, 1.82) is 0 Å². The predicted octanol–water partition coefficient (Wildman–Crippen LogP) is 8.33. The highest BCUT2D eigenvalue weighted by Crippen LogP contribution is 2.34. The third-order valence-corrected chi connectivity index (χ3v) is 8.10. The van der Waals surface area contributed by atoms with Crippen LogP contribution in [0.4, 0.5) is 23.7 Å². The Kier molecular flexibility index (Phi) is 9.62. The van der Waals surface area contributed by atoms with Crippen LogP contribution < -0.4 is 15.0 Å². The molecule has 12 heteroatoms. The van der Waals surface area contributed by atoms with E-state index >= 15 is 0 Å². The van der Waals surface area contributed by atoms with Crippen molar-refractivity contribution in [3.05, 3.63) is 95.4 Å². The maximum atomic E-state index is 13.0. The van der Waals surface area contributed by atoms with E-state index in [1.807, 2.05) is 43.3 Å². The summed E-state index contributed by atoms with van der Waals surface area (Å²) < 4.78 is 42.7. The van der Waals surface area contributed by atoms with Gasteiger partial charge in [-0.25, -0.2) is 14.5 Å². The molecule has 1 aromatic heterocycles. The molecule has 1 aliphatic rings. The Morgan fingerprint density at radius 3 is 2.51 bits per heavy atom. The van der Waals surface area contributed by atoms with Gasteiger partial charge in [0.2, 0.25) is 0 Å². The fourth-order valence-electron chi connectivity index (χ4n) is 5.15. The molecule has 0 atom stereocenters. The standard InChI is InChI=1S/C33H33F3N6O2S/c1-21(2)29-22(3)7-5-8-28(29)41-17-6-18-45-32(41)39-31(43)38-23(4)19-24-9-11-25(12-10-24)30-37-20-42(40-30)26-13-15-27(16-14-26)44-33(34,35)36/h5,7-16,19-21H,6,17-18H2,1-4H3,(H,38,43)/b23-19+,39-32?. The van der Waals surface area contributed by atoms with Crippen molar-refractivity contribution in [2.75, 3.05) is 17.2 Å². The lowest BCUT2D eigenvalue weighted by molar-refractivity contribution is -0.274. The zero-order valence-electron chi connectivity index (χ0n) is 25.3. The van der Waals surface area contributed by atoms with Crippen LogP contribution in [-0.4, -0.2) is 44.6 Å². The number of benzene rings is 3. The summed E-state index contributed by atoms with van der Waals surface area (Å²) in [7, 11) is 0. The number of nitrogens with zero attached hydrogens (tertiary/aromatic N) is 5. The monoisotopic (exact) mass is 634 g/mol. The minimum absolute atomic E-state index is 0.313. The van der Waals surface area contributed by atoms with Crippen molar-refractivity contribution in [3.8, 4) is 22.8 Å². The molecule has 3 aromatic carbocycles. The number of aromatic nitrogens is 3. The van der Waals surface area contributed by atoms with Crippen molar-refractivity contribution in [1.82, 2.24) is 20.1 Å². The summed E-state index contributed by atoms with van der Waals surface area (Å²) in [5.74, 6) is 1.38. The van der Waals surface area contributed by atoms with E-state index in [2.05, 4.69) is 62.9 Å². The van der Waals surface area contributed by atoms with E-state index < -0.39 is 12.4 Å². The fraction of sp³-hybridized carbons (Fsp3) is 0.273. The van der Waals surface area contributed by atoms with Crippen LogP contribution in [-0.2, 0) is 0 Å². The Hall–Kier alpha value is -4.58. The van der Waals surface area contributed by atoms with Crippen LogP contribution >= 0.6 is 11.8 Å². The molecular weight excluding hydrogens is 601 g/mol. The van der Waals surface area contributed by atoms with E-state index in [9.17, 15) is 18.0 Å². The molecule has 0 saturated carbocycles. The molecule has 1 saturated heterocycles. The van der Waals surface area contributed by atoms with Gasteiger partial charge in [-0.05, 0) is 79.3 Å².